The van der Waals surface area contributed by atoms with Gasteiger partial charge in [-0.05, 0) is 61.0 Å². The van der Waals surface area contributed by atoms with Crippen LogP contribution in [0.4, 0.5) is 0 Å². The highest BCUT2D eigenvalue weighted by molar-refractivity contribution is 6.01. The number of hydrogen-bond acceptors (Lipinski definition) is 3. The summed E-state index contributed by atoms with van der Waals surface area (Å²) in [4.78, 5) is 38.7. The summed E-state index contributed by atoms with van der Waals surface area (Å²) in [6.45, 7) is 12.6. The van der Waals surface area contributed by atoms with Crippen LogP contribution in [0.1, 0.15) is 114 Å². The first-order chi connectivity index (χ1) is 15.1. The maximum absolute atomic E-state index is 13.2. The number of rotatable bonds is 13. The molecule has 1 aromatic rings. The van der Waals surface area contributed by atoms with Crippen LogP contribution in [-0.4, -0.2) is 17.3 Å². The predicted octanol–water partition coefficient (Wildman–Crippen LogP) is 7.32. The van der Waals surface area contributed by atoms with Crippen LogP contribution in [0, 0.1) is 30.1 Å². The van der Waals surface area contributed by atoms with Gasteiger partial charge in [0, 0.05) is 24.3 Å². The molecule has 1 aliphatic carbocycles. The van der Waals surface area contributed by atoms with Crippen molar-refractivity contribution < 1.29 is 14.4 Å². The Kier molecular flexibility index (Phi) is 9.85. The van der Waals surface area contributed by atoms with Crippen molar-refractivity contribution in [2.75, 3.05) is 0 Å². The van der Waals surface area contributed by atoms with E-state index in [0.29, 0.717) is 12.8 Å². The number of carbonyl (C=O) groups excluding carboxylic acids is 3. The van der Waals surface area contributed by atoms with Gasteiger partial charge < -0.3 is 0 Å². The quantitative estimate of drug-likeness (QED) is 0.302. The topological polar surface area (TPSA) is 51.2 Å². The molecule has 0 bridgehead atoms. The highest BCUT2D eigenvalue weighted by Crippen LogP contribution is 2.36. The smallest absolute Gasteiger partial charge is 0.163 e. The average Bonchev–Trinajstić information content (AvgIpc) is 2.67. The molecule has 0 fully saturated rings. The molecule has 32 heavy (non-hydrogen) atoms. The molecule has 0 spiro atoms. The van der Waals surface area contributed by atoms with Gasteiger partial charge in [-0.25, -0.2) is 0 Å². The summed E-state index contributed by atoms with van der Waals surface area (Å²) in [6, 6.07) is 6.14. The third-order valence-corrected chi connectivity index (χ3v) is 7.31. The first kappa shape index (κ1) is 26.5. The minimum absolute atomic E-state index is 0.0371. The molecule has 3 heteroatoms. The summed E-state index contributed by atoms with van der Waals surface area (Å²) in [6.07, 6.45) is 7.74. The largest absolute Gasteiger partial charge is 0.299 e. The van der Waals surface area contributed by atoms with Crippen molar-refractivity contribution in [3.05, 3.63) is 34.9 Å². The van der Waals surface area contributed by atoms with Gasteiger partial charge in [-0.2, -0.15) is 0 Å². The maximum Gasteiger partial charge on any atom is 0.163 e. The molecule has 0 aliphatic heterocycles. The lowest BCUT2D eigenvalue weighted by atomic mass is 9.72. The van der Waals surface area contributed by atoms with Crippen LogP contribution in [0.25, 0.3) is 0 Å². The Morgan fingerprint density at radius 2 is 1.81 bits per heavy atom. The van der Waals surface area contributed by atoms with Gasteiger partial charge in [0.15, 0.2) is 5.78 Å². The van der Waals surface area contributed by atoms with Crippen molar-refractivity contribution in [3.63, 3.8) is 0 Å². The summed E-state index contributed by atoms with van der Waals surface area (Å²) in [5.41, 5.74) is 3.11. The molecule has 3 nitrogen and oxygen atoms in total. The van der Waals surface area contributed by atoms with Gasteiger partial charge in [-0.3, -0.25) is 14.4 Å². The molecule has 2 rings (SSSR count). The highest BCUT2D eigenvalue weighted by atomic mass is 16.1. The Hall–Kier alpha value is -1.77. The van der Waals surface area contributed by atoms with Gasteiger partial charge in [-0.15, -0.1) is 0 Å². The molecule has 1 aliphatic rings. The van der Waals surface area contributed by atoms with E-state index in [0.717, 1.165) is 61.6 Å². The van der Waals surface area contributed by atoms with E-state index in [1.807, 2.05) is 19.1 Å². The Labute approximate surface area is 195 Å². The minimum Gasteiger partial charge on any atom is -0.299 e. The fraction of sp³-hybridized carbons (Fsp3) is 0.690. The minimum atomic E-state index is -0.0813. The normalized spacial score (nSPS) is 18.2. The summed E-state index contributed by atoms with van der Waals surface area (Å²) in [7, 11) is 0. The van der Waals surface area contributed by atoms with E-state index in [4.69, 9.17) is 0 Å². The second-order valence-electron chi connectivity index (χ2n) is 10.9. The van der Waals surface area contributed by atoms with Gasteiger partial charge >= 0.3 is 0 Å². The van der Waals surface area contributed by atoms with Crippen LogP contribution in [-0.2, 0) is 16.0 Å². The Morgan fingerprint density at radius 3 is 2.44 bits per heavy atom. The van der Waals surface area contributed by atoms with Crippen LogP contribution in [0.2, 0.25) is 0 Å². The standard InChI is InChI=1S/C29H44O3/c1-7-11-22(15-21-16-23-13-10-12-20(4)28(23)27(32)17-21)25(9-3)26(31)18-24(30)19-29(5,6)14-8-2/h10,12-13,21-22,25H,7-9,11,14-19H2,1-6H3. The van der Waals surface area contributed by atoms with E-state index in [1.165, 1.54) is 0 Å². The molecule has 0 saturated carbocycles. The van der Waals surface area contributed by atoms with Crippen LogP contribution in [0.5, 0.6) is 0 Å². The number of Topliss-reactive ketones (excluding diaryl/α,β-unsaturated/α-hetero) is 3. The molecule has 0 saturated heterocycles. The van der Waals surface area contributed by atoms with Gasteiger partial charge in [0.1, 0.15) is 11.6 Å². The van der Waals surface area contributed by atoms with E-state index in [2.05, 4.69) is 40.7 Å². The van der Waals surface area contributed by atoms with E-state index < -0.39 is 0 Å². The Bertz CT molecular complexity index is 805. The number of fused-ring (bicyclic) bond motifs is 1. The molecular formula is C29H44O3. The van der Waals surface area contributed by atoms with Gasteiger partial charge in [0.25, 0.3) is 0 Å². The van der Waals surface area contributed by atoms with Gasteiger partial charge in [0.05, 0.1) is 6.42 Å². The van der Waals surface area contributed by atoms with Crippen molar-refractivity contribution in [3.8, 4) is 0 Å². The predicted molar refractivity (Wildman–Crippen MR) is 132 cm³/mol. The molecule has 3 atom stereocenters. The third kappa shape index (κ3) is 7.12. The van der Waals surface area contributed by atoms with Crippen LogP contribution >= 0.6 is 0 Å². The Morgan fingerprint density at radius 1 is 1.09 bits per heavy atom. The monoisotopic (exact) mass is 440 g/mol. The number of ketones is 3. The van der Waals surface area contributed by atoms with Crippen molar-refractivity contribution >= 4 is 17.3 Å². The van der Waals surface area contributed by atoms with Crippen molar-refractivity contribution in [2.24, 2.45) is 23.2 Å². The molecule has 0 amide bonds. The average molecular weight is 441 g/mol. The second-order valence-corrected chi connectivity index (χ2v) is 10.9. The van der Waals surface area contributed by atoms with Crippen LogP contribution in [0.15, 0.2) is 18.2 Å². The second kappa shape index (κ2) is 11.9. The summed E-state index contributed by atoms with van der Waals surface area (Å²) in [5.74, 6) is 0.896. The fourth-order valence-corrected chi connectivity index (χ4v) is 6.00. The summed E-state index contributed by atoms with van der Waals surface area (Å²) in [5, 5.41) is 0. The SMILES string of the molecule is CCCC(CC1CC(=O)c2c(C)cccc2C1)C(CC)C(=O)CC(=O)CC(C)(C)CCC. The van der Waals surface area contributed by atoms with Crippen molar-refractivity contribution in [1.82, 2.24) is 0 Å². The first-order valence-electron chi connectivity index (χ1n) is 12.8. The maximum atomic E-state index is 13.2. The van der Waals surface area contributed by atoms with Crippen molar-refractivity contribution in [1.29, 1.82) is 0 Å². The number of benzene rings is 1. The van der Waals surface area contributed by atoms with Crippen molar-refractivity contribution in [2.45, 2.75) is 106 Å². The van der Waals surface area contributed by atoms with Gasteiger partial charge in [0.2, 0.25) is 0 Å². The summed E-state index contributed by atoms with van der Waals surface area (Å²) < 4.78 is 0. The zero-order valence-corrected chi connectivity index (χ0v) is 21.3. The highest BCUT2D eigenvalue weighted by Gasteiger charge is 2.33. The van der Waals surface area contributed by atoms with Gasteiger partial charge in [-0.1, -0.05) is 72.1 Å². The van der Waals surface area contributed by atoms with E-state index in [-0.39, 0.29) is 46.9 Å². The van der Waals surface area contributed by atoms with E-state index in [1.54, 1.807) is 0 Å². The lowest BCUT2D eigenvalue weighted by molar-refractivity contribution is -0.131. The fourth-order valence-electron chi connectivity index (χ4n) is 6.00. The number of carbonyl (C=O) groups is 3. The molecule has 178 valence electrons. The molecule has 3 unspecified atom stereocenters. The third-order valence-electron chi connectivity index (χ3n) is 7.31. The zero-order chi connectivity index (χ0) is 23.9. The number of aryl methyl sites for hydroxylation is 1. The van der Waals surface area contributed by atoms with E-state index >= 15 is 0 Å². The first-order valence-corrected chi connectivity index (χ1v) is 12.8. The molecular weight excluding hydrogens is 396 g/mol. The summed E-state index contributed by atoms with van der Waals surface area (Å²) >= 11 is 0. The Balaban J connectivity index is 2.08. The number of hydrogen-bond donors (Lipinski definition) is 0. The molecule has 0 radical (unpaired) electrons. The lowest BCUT2D eigenvalue weighted by Gasteiger charge is -2.32. The molecule has 0 aromatic heterocycles. The zero-order valence-electron chi connectivity index (χ0n) is 21.3. The molecule has 0 N–H and O–H groups in total. The van der Waals surface area contributed by atoms with Crippen LogP contribution in [0.3, 0.4) is 0 Å². The molecule has 1 aromatic carbocycles. The lowest BCUT2D eigenvalue weighted by Crippen LogP contribution is -2.30. The molecule has 0 heterocycles. The van der Waals surface area contributed by atoms with Crippen LogP contribution < -0.4 is 0 Å². The van der Waals surface area contributed by atoms with E-state index in [9.17, 15) is 14.4 Å².